The summed E-state index contributed by atoms with van der Waals surface area (Å²) in [6.45, 7) is 0. The minimum Gasteiger partial charge on any atom is -0.495 e. The Labute approximate surface area is 126 Å². The van der Waals surface area contributed by atoms with Crippen LogP contribution in [0.4, 0.5) is 11.5 Å². The minimum atomic E-state index is -0.400. The number of nitrogens with one attached hydrogen (secondary N) is 1. The van der Waals surface area contributed by atoms with Crippen LogP contribution in [0, 0.1) is 0 Å². The molecule has 0 radical (unpaired) electrons. The van der Waals surface area contributed by atoms with Gasteiger partial charge < -0.3 is 20.5 Å². The number of carbonyl (C=O) groups is 1. The number of rotatable bonds is 4. The number of nitrogens with zero attached hydrogens (tertiary/aromatic N) is 1. The molecule has 6 nitrogen and oxygen atoms in total. The van der Waals surface area contributed by atoms with E-state index in [0.29, 0.717) is 22.2 Å². The number of methoxy groups -OCH3 is 2. The first-order valence-electron chi connectivity index (χ1n) is 6.00. The van der Waals surface area contributed by atoms with Gasteiger partial charge in [0.1, 0.15) is 17.3 Å². The van der Waals surface area contributed by atoms with E-state index >= 15 is 0 Å². The number of hydrogen-bond acceptors (Lipinski definition) is 5. The molecule has 0 saturated carbocycles. The Morgan fingerprint density at radius 2 is 2.00 bits per heavy atom. The van der Waals surface area contributed by atoms with Crippen molar-refractivity contribution < 1.29 is 14.3 Å². The lowest BCUT2D eigenvalue weighted by Gasteiger charge is -2.13. The number of halogens is 1. The summed E-state index contributed by atoms with van der Waals surface area (Å²) in [5.74, 6) is 0.585. The van der Waals surface area contributed by atoms with Gasteiger partial charge in [-0.05, 0) is 12.1 Å². The van der Waals surface area contributed by atoms with Gasteiger partial charge in [-0.15, -0.1) is 0 Å². The van der Waals surface area contributed by atoms with Crippen molar-refractivity contribution >= 4 is 29.0 Å². The Hall–Kier alpha value is -2.47. The predicted octanol–water partition coefficient (Wildman–Crippen LogP) is 2.59. The van der Waals surface area contributed by atoms with Gasteiger partial charge in [-0.1, -0.05) is 11.6 Å². The average Bonchev–Trinajstić information content (AvgIpc) is 2.48. The van der Waals surface area contributed by atoms with Crippen LogP contribution in [0.5, 0.6) is 11.5 Å². The van der Waals surface area contributed by atoms with Gasteiger partial charge in [0.05, 0.1) is 30.5 Å². The standard InChI is InChI=1S/C14H14ClN3O3/c1-20-11-7-10(12(21-2)6-9(11)15)18-14(19)8-4-3-5-17-13(8)16/h3-7H,1-2H3,(H2,16,17)(H,18,19). The summed E-state index contributed by atoms with van der Waals surface area (Å²) in [7, 11) is 2.96. The maximum atomic E-state index is 12.2. The summed E-state index contributed by atoms with van der Waals surface area (Å²) < 4.78 is 10.3. The van der Waals surface area contributed by atoms with Crippen molar-refractivity contribution in [2.24, 2.45) is 0 Å². The zero-order chi connectivity index (χ0) is 15.4. The molecule has 0 aliphatic heterocycles. The first-order chi connectivity index (χ1) is 10.1. The summed E-state index contributed by atoms with van der Waals surface area (Å²) >= 11 is 6.01. The van der Waals surface area contributed by atoms with Crippen molar-refractivity contribution in [3.8, 4) is 11.5 Å². The Balaban J connectivity index is 2.35. The molecule has 0 atom stereocenters. The van der Waals surface area contributed by atoms with Crippen molar-refractivity contribution in [3.63, 3.8) is 0 Å². The zero-order valence-corrected chi connectivity index (χ0v) is 12.3. The maximum Gasteiger partial charge on any atom is 0.259 e. The second-order valence-corrected chi connectivity index (χ2v) is 4.48. The first-order valence-corrected chi connectivity index (χ1v) is 6.38. The van der Waals surface area contributed by atoms with Crippen LogP contribution < -0.4 is 20.5 Å². The molecule has 7 heteroatoms. The quantitative estimate of drug-likeness (QED) is 0.906. The number of nitrogen functional groups attached to an aromatic ring is 1. The highest BCUT2D eigenvalue weighted by atomic mass is 35.5. The largest absolute Gasteiger partial charge is 0.495 e. The molecule has 0 aliphatic rings. The number of anilines is 2. The van der Waals surface area contributed by atoms with E-state index in [1.54, 1.807) is 24.3 Å². The van der Waals surface area contributed by atoms with Crippen molar-refractivity contribution in [2.45, 2.75) is 0 Å². The number of carbonyl (C=O) groups excluding carboxylic acids is 1. The molecule has 0 bridgehead atoms. The molecule has 2 rings (SSSR count). The highest BCUT2D eigenvalue weighted by molar-refractivity contribution is 6.32. The second-order valence-electron chi connectivity index (χ2n) is 4.08. The van der Waals surface area contributed by atoms with Gasteiger partial charge in [-0.3, -0.25) is 4.79 Å². The summed E-state index contributed by atoms with van der Waals surface area (Å²) in [4.78, 5) is 16.1. The van der Waals surface area contributed by atoms with Gasteiger partial charge in [0.2, 0.25) is 0 Å². The lowest BCUT2D eigenvalue weighted by Crippen LogP contribution is -2.15. The summed E-state index contributed by atoms with van der Waals surface area (Å²) in [5, 5.41) is 3.08. The molecule has 1 amide bonds. The number of hydrogen-bond donors (Lipinski definition) is 2. The normalized spacial score (nSPS) is 10.0. The molecule has 0 fully saturated rings. The number of nitrogens with two attached hydrogens (primary N) is 1. The Morgan fingerprint density at radius 1 is 1.29 bits per heavy atom. The molecule has 0 unspecified atom stereocenters. The van der Waals surface area contributed by atoms with Crippen LogP contribution in [0.25, 0.3) is 0 Å². The van der Waals surface area contributed by atoms with Crippen LogP contribution in [0.1, 0.15) is 10.4 Å². The van der Waals surface area contributed by atoms with Gasteiger partial charge in [-0.2, -0.15) is 0 Å². The van der Waals surface area contributed by atoms with E-state index < -0.39 is 5.91 Å². The van der Waals surface area contributed by atoms with Crippen LogP contribution in [0.15, 0.2) is 30.5 Å². The van der Waals surface area contributed by atoms with E-state index in [1.165, 1.54) is 20.4 Å². The molecule has 1 aromatic heterocycles. The number of ether oxygens (including phenoxy) is 2. The summed E-state index contributed by atoms with van der Waals surface area (Å²) in [6.07, 6.45) is 1.51. The van der Waals surface area contributed by atoms with Crippen LogP contribution >= 0.6 is 11.6 Å². The molecule has 0 saturated heterocycles. The molecule has 21 heavy (non-hydrogen) atoms. The van der Waals surface area contributed by atoms with E-state index in [2.05, 4.69) is 10.3 Å². The van der Waals surface area contributed by atoms with E-state index in [0.717, 1.165) is 0 Å². The SMILES string of the molecule is COc1cc(NC(=O)c2cccnc2N)c(OC)cc1Cl. The molecule has 1 aromatic carbocycles. The number of pyridine rings is 1. The monoisotopic (exact) mass is 307 g/mol. The number of amides is 1. The molecule has 0 spiro atoms. The van der Waals surface area contributed by atoms with Crippen LogP contribution in [-0.4, -0.2) is 25.1 Å². The number of benzene rings is 1. The first kappa shape index (κ1) is 14.9. The van der Waals surface area contributed by atoms with Crippen LogP contribution in [0.3, 0.4) is 0 Å². The fourth-order valence-corrected chi connectivity index (χ4v) is 1.99. The molecule has 2 aromatic rings. The van der Waals surface area contributed by atoms with Crippen LogP contribution in [0.2, 0.25) is 5.02 Å². The van der Waals surface area contributed by atoms with Crippen LogP contribution in [-0.2, 0) is 0 Å². The van der Waals surface area contributed by atoms with E-state index in [1.807, 2.05) is 0 Å². The Bertz CT molecular complexity index is 677. The highest BCUT2D eigenvalue weighted by Gasteiger charge is 2.15. The van der Waals surface area contributed by atoms with Gasteiger partial charge in [0.25, 0.3) is 5.91 Å². The predicted molar refractivity (Wildman–Crippen MR) is 81.2 cm³/mol. The number of aromatic nitrogens is 1. The fraction of sp³-hybridized carbons (Fsp3) is 0.143. The molecular weight excluding hydrogens is 294 g/mol. The highest BCUT2D eigenvalue weighted by Crippen LogP contribution is 2.36. The Kier molecular flexibility index (Phi) is 4.49. The van der Waals surface area contributed by atoms with Crippen molar-refractivity contribution in [3.05, 3.63) is 41.0 Å². The maximum absolute atomic E-state index is 12.2. The minimum absolute atomic E-state index is 0.148. The average molecular weight is 308 g/mol. The molecule has 0 aliphatic carbocycles. The second kappa shape index (κ2) is 6.32. The molecule has 3 N–H and O–H groups in total. The fourth-order valence-electron chi connectivity index (χ4n) is 1.76. The van der Waals surface area contributed by atoms with Gasteiger partial charge in [0.15, 0.2) is 0 Å². The third-order valence-electron chi connectivity index (χ3n) is 2.81. The topological polar surface area (TPSA) is 86.5 Å². The van der Waals surface area contributed by atoms with E-state index in [4.69, 9.17) is 26.8 Å². The lowest BCUT2D eigenvalue weighted by molar-refractivity contribution is 0.102. The summed E-state index contributed by atoms with van der Waals surface area (Å²) in [5.41, 5.74) is 6.37. The molecule has 110 valence electrons. The van der Waals surface area contributed by atoms with Crippen molar-refractivity contribution in [1.82, 2.24) is 4.98 Å². The zero-order valence-electron chi connectivity index (χ0n) is 11.5. The van der Waals surface area contributed by atoms with Gasteiger partial charge in [-0.25, -0.2) is 4.98 Å². The van der Waals surface area contributed by atoms with Gasteiger partial charge in [0, 0.05) is 18.3 Å². The van der Waals surface area contributed by atoms with Crippen molar-refractivity contribution in [2.75, 3.05) is 25.3 Å². The summed E-state index contributed by atoms with van der Waals surface area (Å²) in [6, 6.07) is 6.34. The van der Waals surface area contributed by atoms with Gasteiger partial charge >= 0.3 is 0 Å². The van der Waals surface area contributed by atoms with E-state index in [9.17, 15) is 4.79 Å². The third kappa shape index (κ3) is 3.17. The van der Waals surface area contributed by atoms with Crippen molar-refractivity contribution in [1.29, 1.82) is 0 Å². The lowest BCUT2D eigenvalue weighted by atomic mass is 10.2. The molecular formula is C14H14ClN3O3. The van der Waals surface area contributed by atoms with E-state index in [-0.39, 0.29) is 11.4 Å². The smallest absolute Gasteiger partial charge is 0.259 e. The third-order valence-corrected chi connectivity index (χ3v) is 3.10. The molecule has 1 heterocycles. The Morgan fingerprint density at radius 3 is 2.62 bits per heavy atom.